The highest BCUT2D eigenvalue weighted by atomic mass is 35.5. The number of benzene rings is 1. The van der Waals surface area contributed by atoms with E-state index in [1.165, 1.54) is 0 Å². The molecule has 0 saturated carbocycles. The summed E-state index contributed by atoms with van der Waals surface area (Å²) < 4.78 is 5.87. The fourth-order valence-corrected chi connectivity index (χ4v) is 1.81. The highest BCUT2D eigenvalue weighted by Crippen LogP contribution is 2.23. The lowest BCUT2D eigenvalue weighted by Gasteiger charge is -2.23. The van der Waals surface area contributed by atoms with E-state index in [1.54, 1.807) is 0 Å². The van der Waals surface area contributed by atoms with Crippen LogP contribution in [0.3, 0.4) is 0 Å². The van der Waals surface area contributed by atoms with Gasteiger partial charge >= 0.3 is 0 Å². The number of aromatic nitrogens is 1. The molecule has 0 saturated heterocycles. The summed E-state index contributed by atoms with van der Waals surface area (Å²) in [7, 11) is 0. The molecule has 0 spiro atoms. The summed E-state index contributed by atoms with van der Waals surface area (Å²) in [5, 5.41) is 1.62. The molecule has 96 valence electrons. The van der Waals surface area contributed by atoms with Crippen molar-refractivity contribution in [3.05, 3.63) is 41.0 Å². The van der Waals surface area contributed by atoms with E-state index in [2.05, 4.69) is 31.8 Å². The lowest BCUT2D eigenvalue weighted by Crippen LogP contribution is -2.22. The van der Waals surface area contributed by atoms with Crippen LogP contribution in [0.5, 0.6) is 0 Å². The van der Waals surface area contributed by atoms with Crippen LogP contribution in [0.25, 0.3) is 10.9 Å². The van der Waals surface area contributed by atoms with Gasteiger partial charge in [-0.05, 0) is 32.4 Å². The summed E-state index contributed by atoms with van der Waals surface area (Å²) in [5.74, 6) is 0. The Morgan fingerprint density at radius 1 is 1.28 bits per heavy atom. The average Bonchev–Trinajstić information content (AvgIpc) is 2.36. The molecule has 0 atom stereocenters. The fourth-order valence-electron chi connectivity index (χ4n) is 1.61. The predicted molar refractivity (Wildman–Crippen MR) is 75.9 cm³/mol. The Bertz CT molecular complexity index is 551. The molecular formula is C15H18ClNO. The molecule has 3 heteroatoms. The zero-order valence-corrected chi connectivity index (χ0v) is 11.8. The molecule has 0 unspecified atom stereocenters. The Balaban J connectivity index is 2.25. The van der Waals surface area contributed by atoms with Crippen LogP contribution in [0.4, 0.5) is 0 Å². The van der Waals surface area contributed by atoms with E-state index in [0.717, 1.165) is 22.9 Å². The van der Waals surface area contributed by atoms with Gasteiger partial charge in [0.15, 0.2) is 0 Å². The van der Waals surface area contributed by atoms with Crippen molar-refractivity contribution in [1.29, 1.82) is 0 Å². The lowest BCUT2D eigenvalue weighted by atomic mass is 10.1. The molecule has 2 rings (SSSR count). The number of para-hydroxylation sites is 1. The highest BCUT2D eigenvalue weighted by molar-refractivity contribution is 6.30. The topological polar surface area (TPSA) is 22.1 Å². The summed E-state index contributed by atoms with van der Waals surface area (Å²) in [6.45, 7) is 6.77. The van der Waals surface area contributed by atoms with Gasteiger partial charge in [0.25, 0.3) is 0 Å². The Morgan fingerprint density at radius 2 is 2.00 bits per heavy atom. The van der Waals surface area contributed by atoms with Crippen LogP contribution in [0.1, 0.15) is 32.8 Å². The minimum atomic E-state index is -0.130. The molecule has 0 radical (unpaired) electrons. The summed E-state index contributed by atoms with van der Waals surface area (Å²) in [6, 6.07) is 10.0. The van der Waals surface area contributed by atoms with E-state index in [4.69, 9.17) is 16.3 Å². The van der Waals surface area contributed by atoms with E-state index in [-0.39, 0.29) is 5.60 Å². The number of nitrogens with zero attached hydrogens (tertiary/aromatic N) is 1. The van der Waals surface area contributed by atoms with Gasteiger partial charge in [0.1, 0.15) is 5.15 Å². The number of rotatable bonds is 4. The van der Waals surface area contributed by atoms with Crippen molar-refractivity contribution in [3.8, 4) is 0 Å². The van der Waals surface area contributed by atoms with Gasteiger partial charge in [-0.25, -0.2) is 4.98 Å². The maximum absolute atomic E-state index is 6.18. The minimum absolute atomic E-state index is 0.130. The van der Waals surface area contributed by atoms with Gasteiger partial charge in [0.2, 0.25) is 0 Å². The molecule has 0 aliphatic rings. The van der Waals surface area contributed by atoms with Crippen molar-refractivity contribution >= 4 is 22.5 Å². The summed E-state index contributed by atoms with van der Waals surface area (Å²) in [6.07, 6.45) is 0.964. The standard InChI is InChI=1S/C15H18ClNO/c1-4-15(2,3)18-10-12-9-11-7-5-6-8-13(11)17-14(12)16/h5-9H,4,10H2,1-3H3. The molecule has 0 fully saturated rings. The van der Waals surface area contributed by atoms with E-state index in [9.17, 15) is 0 Å². The Kier molecular flexibility index (Phi) is 3.88. The summed E-state index contributed by atoms with van der Waals surface area (Å²) in [5.41, 5.74) is 1.73. The van der Waals surface area contributed by atoms with Gasteiger partial charge in [-0.3, -0.25) is 0 Å². The number of ether oxygens (including phenoxy) is 1. The molecule has 0 N–H and O–H groups in total. The van der Waals surface area contributed by atoms with Crippen LogP contribution in [0.2, 0.25) is 5.15 Å². The van der Waals surface area contributed by atoms with Crippen LogP contribution in [-0.2, 0) is 11.3 Å². The van der Waals surface area contributed by atoms with Crippen LogP contribution >= 0.6 is 11.6 Å². The van der Waals surface area contributed by atoms with E-state index >= 15 is 0 Å². The smallest absolute Gasteiger partial charge is 0.135 e. The van der Waals surface area contributed by atoms with Crippen LogP contribution in [0, 0.1) is 0 Å². The first-order chi connectivity index (χ1) is 8.52. The number of fused-ring (bicyclic) bond motifs is 1. The van der Waals surface area contributed by atoms with E-state index in [0.29, 0.717) is 11.8 Å². The van der Waals surface area contributed by atoms with Crippen molar-refractivity contribution in [2.75, 3.05) is 0 Å². The molecule has 1 heterocycles. The number of hydrogen-bond donors (Lipinski definition) is 0. The number of halogens is 1. The molecule has 1 aromatic heterocycles. The molecule has 18 heavy (non-hydrogen) atoms. The first-order valence-corrected chi connectivity index (χ1v) is 6.58. The molecular weight excluding hydrogens is 246 g/mol. The third kappa shape index (κ3) is 3.01. The Labute approximate surface area is 113 Å². The molecule has 2 aromatic rings. The minimum Gasteiger partial charge on any atom is -0.371 e. The third-order valence-electron chi connectivity index (χ3n) is 3.22. The van der Waals surface area contributed by atoms with Crippen LogP contribution in [0.15, 0.2) is 30.3 Å². The Hall–Kier alpha value is -1.12. The summed E-state index contributed by atoms with van der Waals surface area (Å²) in [4.78, 5) is 4.39. The summed E-state index contributed by atoms with van der Waals surface area (Å²) >= 11 is 6.18. The van der Waals surface area contributed by atoms with Crippen molar-refractivity contribution in [3.63, 3.8) is 0 Å². The van der Waals surface area contributed by atoms with Gasteiger partial charge in [0, 0.05) is 10.9 Å². The third-order valence-corrected chi connectivity index (χ3v) is 3.55. The molecule has 0 aliphatic carbocycles. The molecule has 1 aromatic carbocycles. The van der Waals surface area contributed by atoms with Crippen molar-refractivity contribution in [2.45, 2.75) is 39.4 Å². The molecule has 0 bridgehead atoms. The van der Waals surface area contributed by atoms with Crippen molar-refractivity contribution < 1.29 is 4.74 Å². The van der Waals surface area contributed by atoms with E-state index < -0.39 is 0 Å². The second-order valence-electron chi connectivity index (χ2n) is 5.03. The second kappa shape index (κ2) is 5.25. The van der Waals surface area contributed by atoms with Gasteiger partial charge in [-0.15, -0.1) is 0 Å². The monoisotopic (exact) mass is 263 g/mol. The zero-order valence-electron chi connectivity index (χ0n) is 11.0. The van der Waals surface area contributed by atoms with Crippen LogP contribution < -0.4 is 0 Å². The first-order valence-electron chi connectivity index (χ1n) is 6.20. The zero-order chi connectivity index (χ0) is 13.2. The lowest BCUT2D eigenvalue weighted by molar-refractivity contribution is -0.0316. The quantitative estimate of drug-likeness (QED) is 0.753. The first kappa shape index (κ1) is 13.3. The van der Waals surface area contributed by atoms with Gasteiger partial charge in [0.05, 0.1) is 17.7 Å². The highest BCUT2D eigenvalue weighted by Gasteiger charge is 2.16. The average molecular weight is 264 g/mol. The number of pyridine rings is 1. The second-order valence-corrected chi connectivity index (χ2v) is 5.39. The predicted octanol–water partition coefficient (Wildman–Crippen LogP) is 4.59. The van der Waals surface area contributed by atoms with E-state index in [1.807, 2.05) is 24.3 Å². The van der Waals surface area contributed by atoms with Crippen LogP contribution in [-0.4, -0.2) is 10.6 Å². The molecule has 0 aliphatic heterocycles. The number of hydrogen-bond acceptors (Lipinski definition) is 2. The van der Waals surface area contributed by atoms with Gasteiger partial charge in [-0.2, -0.15) is 0 Å². The largest absolute Gasteiger partial charge is 0.371 e. The van der Waals surface area contributed by atoms with Crippen molar-refractivity contribution in [2.24, 2.45) is 0 Å². The molecule has 2 nitrogen and oxygen atoms in total. The maximum atomic E-state index is 6.18. The van der Waals surface area contributed by atoms with Gasteiger partial charge in [-0.1, -0.05) is 36.7 Å². The van der Waals surface area contributed by atoms with Gasteiger partial charge < -0.3 is 4.74 Å². The van der Waals surface area contributed by atoms with Crippen molar-refractivity contribution in [1.82, 2.24) is 4.98 Å². The Morgan fingerprint density at radius 3 is 2.72 bits per heavy atom. The SMILES string of the molecule is CCC(C)(C)OCc1cc2ccccc2nc1Cl. The maximum Gasteiger partial charge on any atom is 0.135 e. The normalized spacial score (nSPS) is 12.0. The molecule has 0 amide bonds. The fraction of sp³-hybridized carbons (Fsp3) is 0.400.